The molecule has 0 atom stereocenters. The molecule has 0 aliphatic carbocycles. The van der Waals surface area contributed by atoms with Gasteiger partial charge in [-0.15, -0.1) is 0 Å². The molecule has 2 rings (SSSR count). The van der Waals surface area contributed by atoms with Gasteiger partial charge in [-0.2, -0.15) is 9.40 Å². The van der Waals surface area contributed by atoms with E-state index in [4.69, 9.17) is 0 Å². The van der Waals surface area contributed by atoms with Crippen molar-refractivity contribution in [1.82, 2.24) is 14.1 Å². The van der Waals surface area contributed by atoms with Gasteiger partial charge >= 0.3 is 0 Å². The van der Waals surface area contributed by atoms with Crippen LogP contribution in [0.2, 0.25) is 0 Å². The average molecular weight is 321 g/mol. The van der Waals surface area contributed by atoms with Gasteiger partial charge in [-0.25, -0.2) is 13.1 Å². The quantitative estimate of drug-likeness (QED) is 0.796. The SMILES string of the molecule is Cc1ccc(=O)n(CCN(Cc2ccccc2)S(C)(=O)=O)n1. The van der Waals surface area contributed by atoms with Gasteiger partial charge in [-0.1, -0.05) is 30.3 Å². The molecular formula is C15H19N3O3S. The van der Waals surface area contributed by atoms with E-state index < -0.39 is 10.0 Å². The molecule has 2 aromatic rings. The van der Waals surface area contributed by atoms with Gasteiger partial charge in [0.05, 0.1) is 18.5 Å². The van der Waals surface area contributed by atoms with E-state index in [1.54, 1.807) is 13.0 Å². The van der Waals surface area contributed by atoms with Crippen LogP contribution < -0.4 is 5.56 Å². The molecular weight excluding hydrogens is 302 g/mol. The second kappa shape index (κ2) is 6.85. The molecule has 0 saturated carbocycles. The van der Waals surface area contributed by atoms with Crippen LogP contribution in [-0.4, -0.2) is 35.3 Å². The predicted octanol–water partition coefficient (Wildman–Crippen LogP) is 1.01. The molecule has 0 aliphatic rings. The zero-order valence-electron chi connectivity index (χ0n) is 12.6. The highest BCUT2D eigenvalue weighted by atomic mass is 32.2. The highest BCUT2D eigenvalue weighted by molar-refractivity contribution is 7.88. The van der Waals surface area contributed by atoms with Crippen molar-refractivity contribution in [1.29, 1.82) is 0 Å². The van der Waals surface area contributed by atoms with E-state index in [2.05, 4.69) is 5.10 Å². The fourth-order valence-electron chi connectivity index (χ4n) is 2.07. The van der Waals surface area contributed by atoms with Crippen LogP contribution in [0.3, 0.4) is 0 Å². The predicted molar refractivity (Wildman–Crippen MR) is 84.9 cm³/mol. The molecule has 0 spiro atoms. The first-order valence-electron chi connectivity index (χ1n) is 6.90. The molecule has 22 heavy (non-hydrogen) atoms. The number of nitrogens with zero attached hydrogens (tertiary/aromatic N) is 3. The summed E-state index contributed by atoms with van der Waals surface area (Å²) in [5, 5.41) is 4.12. The van der Waals surface area contributed by atoms with Crippen LogP contribution in [0.15, 0.2) is 47.3 Å². The van der Waals surface area contributed by atoms with Gasteiger partial charge < -0.3 is 0 Å². The minimum atomic E-state index is -3.37. The van der Waals surface area contributed by atoms with Gasteiger partial charge in [0.15, 0.2) is 0 Å². The van der Waals surface area contributed by atoms with E-state index in [0.717, 1.165) is 5.56 Å². The summed E-state index contributed by atoms with van der Waals surface area (Å²) in [6.07, 6.45) is 1.17. The maximum absolute atomic E-state index is 11.9. The largest absolute Gasteiger partial charge is 0.268 e. The first-order chi connectivity index (χ1) is 10.4. The molecule has 0 bridgehead atoms. The number of hydrogen-bond acceptors (Lipinski definition) is 4. The molecule has 0 aliphatic heterocycles. The lowest BCUT2D eigenvalue weighted by Gasteiger charge is -2.20. The summed E-state index contributed by atoms with van der Waals surface area (Å²) in [6, 6.07) is 12.4. The number of rotatable bonds is 6. The molecule has 0 saturated heterocycles. The first-order valence-corrected chi connectivity index (χ1v) is 8.75. The van der Waals surface area contributed by atoms with E-state index in [-0.39, 0.29) is 25.2 Å². The highest BCUT2D eigenvalue weighted by Gasteiger charge is 2.17. The maximum atomic E-state index is 11.9. The van der Waals surface area contributed by atoms with E-state index in [1.807, 2.05) is 30.3 Å². The zero-order chi connectivity index (χ0) is 16.2. The number of aromatic nitrogens is 2. The monoisotopic (exact) mass is 321 g/mol. The van der Waals surface area contributed by atoms with Crippen LogP contribution in [0.4, 0.5) is 0 Å². The molecule has 0 unspecified atom stereocenters. The normalized spacial score (nSPS) is 11.8. The van der Waals surface area contributed by atoms with Gasteiger partial charge in [0, 0.05) is 19.2 Å². The van der Waals surface area contributed by atoms with Crippen LogP contribution in [0, 0.1) is 6.92 Å². The standard InChI is InChI=1S/C15H19N3O3S/c1-13-8-9-15(19)18(16-13)11-10-17(22(2,20)21)12-14-6-4-3-5-7-14/h3-9H,10-12H2,1-2H3. The number of benzene rings is 1. The fourth-order valence-corrected chi connectivity index (χ4v) is 2.86. The van der Waals surface area contributed by atoms with Gasteiger partial charge in [0.2, 0.25) is 10.0 Å². The average Bonchev–Trinajstić information content (AvgIpc) is 2.46. The minimum Gasteiger partial charge on any atom is -0.268 e. The van der Waals surface area contributed by atoms with E-state index in [9.17, 15) is 13.2 Å². The summed E-state index contributed by atoms with van der Waals surface area (Å²) in [4.78, 5) is 11.7. The van der Waals surface area contributed by atoms with Crippen LogP contribution in [0.1, 0.15) is 11.3 Å². The molecule has 1 heterocycles. The van der Waals surface area contributed by atoms with E-state index in [0.29, 0.717) is 5.69 Å². The van der Waals surface area contributed by atoms with Crippen molar-refractivity contribution < 1.29 is 8.42 Å². The van der Waals surface area contributed by atoms with Crippen molar-refractivity contribution in [3.8, 4) is 0 Å². The molecule has 6 nitrogen and oxygen atoms in total. The molecule has 0 amide bonds. The lowest BCUT2D eigenvalue weighted by molar-refractivity contribution is 0.375. The van der Waals surface area contributed by atoms with Crippen LogP contribution in [-0.2, 0) is 23.1 Å². The third kappa shape index (κ3) is 4.51. The molecule has 1 aromatic heterocycles. The number of hydrogen-bond donors (Lipinski definition) is 0. The van der Waals surface area contributed by atoms with Crippen molar-refractivity contribution in [2.45, 2.75) is 20.0 Å². The summed E-state index contributed by atoms with van der Waals surface area (Å²) in [6.45, 7) is 2.49. The summed E-state index contributed by atoms with van der Waals surface area (Å²) in [5.41, 5.74) is 1.38. The lowest BCUT2D eigenvalue weighted by Crippen LogP contribution is -2.35. The van der Waals surface area contributed by atoms with Crippen LogP contribution >= 0.6 is 0 Å². The Kier molecular flexibility index (Phi) is 5.10. The van der Waals surface area contributed by atoms with Crippen molar-refractivity contribution in [2.75, 3.05) is 12.8 Å². The second-order valence-corrected chi connectivity index (χ2v) is 7.10. The Bertz CT molecular complexity index is 785. The molecule has 0 radical (unpaired) electrons. The molecule has 118 valence electrons. The van der Waals surface area contributed by atoms with Crippen LogP contribution in [0.25, 0.3) is 0 Å². The smallest absolute Gasteiger partial charge is 0.266 e. The van der Waals surface area contributed by atoms with Crippen molar-refractivity contribution in [3.63, 3.8) is 0 Å². The zero-order valence-corrected chi connectivity index (χ0v) is 13.5. The second-order valence-electron chi connectivity index (χ2n) is 5.12. The molecule has 0 fully saturated rings. The van der Waals surface area contributed by atoms with Crippen molar-refractivity contribution >= 4 is 10.0 Å². The fraction of sp³-hybridized carbons (Fsp3) is 0.333. The topological polar surface area (TPSA) is 72.3 Å². The highest BCUT2D eigenvalue weighted by Crippen LogP contribution is 2.08. The Hall–Kier alpha value is -1.99. The number of sulfonamides is 1. The Morgan fingerprint density at radius 1 is 1.14 bits per heavy atom. The van der Waals surface area contributed by atoms with Crippen LogP contribution in [0.5, 0.6) is 0 Å². The van der Waals surface area contributed by atoms with Gasteiger partial charge in [-0.3, -0.25) is 4.79 Å². The number of aryl methyl sites for hydroxylation is 1. The third-order valence-electron chi connectivity index (χ3n) is 3.23. The van der Waals surface area contributed by atoms with Crippen molar-refractivity contribution in [3.05, 3.63) is 64.1 Å². The maximum Gasteiger partial charge on any atom is 0.266 e. The molecule has 7 heteroatoms. The Labute approximate surface area is 130 Å². The Balaban J connectivity index is 2.14. The Morgan fingerprint density at radius 3 is 2.45 bits per heavy atom. The van der Waals surface area contributed by atoms with E-state index in [1.165, 1.54) is 21.3 Å². The Morgan fingerprint density at radius 2 is 1.82 bits per heavy atom. The minimum absolute atomic E-state index is 0.198. The third-order valence-corrected chi connectivity index (χ3v) is 4.48. The van der Waals surface area contributed by atoms with E-state index >= 15 is 0 Å². The summed E-state index contributed by atoms with van der Waals surface area (Å²) >= 11 is 0. The first kappa shape index (κ1) is 16.4. The van der Waals surface area contributed by atoms with Gasteiger partial charge in [-0.05, 0) is 18.6 Å². The summed E-state index contributed by atoms with van der Waals surface area (Å²) in [7, 11) is -3.37. The van der Waals surface area contributed by atoms with Gasteiger partial charge in [0.25, 0.3) is 5.56 Å². The summed E-state index contributed by atoms with van der Waals surface area (Å²) < 4.78 is 26.5. The summed E-state index contributed by atoms with van der Waals surface area (Å²) in [5.74, 6) is 0. The molecule has 0 N–H and O–H groups in total. The van der Waals surface area contributed by atoms with Crippen molar-refractivity contribution in [2.24, 2.45) is 0 Å². The molecule has 1 aromatic carbocycles. The lowest BCUT2D eigenvalue weighted by atomic mass is 10.2. The van der Waals surface area contributed by atoms with Gasteiger partial charge in [0.1, 0.15) is 0 Å².